The third-order valence-electron chi connectivity index (χ3n) is 1.73. The fraction of sp³-hybridized carbons (Fsp3) is 0.750. The quantitative estimate of drug-likeness (QED) is 0.253. The van der Waals surface area contributed by atoms with E-state index in [4.69, 9.17) is 10.9 Å². The monoisotopic (exact) mass is 187 g/mol. The van der Waals surface area contributed by atoms with E-state index in [2.05, 4.69) is 10.5 Å². The first kappa shape index (κ1) is 11.7. The number of oxime groups is 1. The molecule has 5 heteroatoms. The topological polar surface area (TPSA) is 87.7 Å². The molecule has 0 saturated heterocycles. The van der Waals surface area contributed by atoms with Crippen molar-refractivity contribution in [2.75, 3.05) is 6.54 Å². The molecule has 0 aliphatic carbocycles. The molecule has 1 amide bonds. The summed E-state index contributed by atoms with van der Waals surface area (Å²) in [6.07, 6.45) is 0. The summed E-state index contributed by atoms with van der Waals surface area (Å²) in [5.41, 5.74) is 5.33. The van der Waals surface area contributed by atoms with Gasteiger partial charge in [-0.05, 0) is 0 Å². The lowest BCUT2D eigenvalue weighted by Crippen LogP contribution is -2.36. The molecule has 76 valence electrons. The minimum Gasteiger partial charge on any atom is -0.409 e. The highest BCUT2D eigenvalue weighted by molar-refractivity contribution is 5.83. The van der Waals surface area contributed by atoms with Crippen molar-refractivity contribution in [1.29, 1.82) is 0 Å². The maximum absolute atomic E-state index is 11.1. The molecule has 0 spiro atoms. The van der Waals surface area contributed by atoms with Crippen LogP contribution in [-0.2, 0) is 4.79 Å². The number of nitrogens with two attached hydrogens (primary N) is 1. The second-order valence-electron chi connectivity index (χ2n) is 3.33. The van der Waals surface area contributed by atoms with Gasteiger partial charge in [-0.2, -0.15) is 0 Å². The average molecular weight is 187 g/mol. The summed E-state index contributed by atoms with van der Waals surface area (Å²) in [6.45, 7) is 5.79. The lowest BCUT2D eigenvalue weighted by Gasteiger charge is -2.12. The van der Waals surface area contributed by atoms with Gasteiger partial charge in [0, 0.05) is 18.4 Å². The third-order valence-corrected chi connectivity index (χ3v) is 1.73. The molecule has 5 nitrogen and oxygen atoms in total. The molecule has 0 rings (SSSR count). The van der Waals surface area contributed by atoms with Crippen LogP contribution >= 0.6 is 0 Å². The minimum absolute atomic E-state index is 0.0300. The van der Waals surface area contributed by atoms with E-state index in [0.717, 1.165) is 0 Å². The Morgan fingerprint density at radius 2 is 2.08 bits per heavy atom. The van der Waals surface area contributed by atoms with Crippen LogP contribution in [0.25, 0.3) is 0 Å². The van der Waals surface area contributed by atoms with Crippen LogP contribution < -0.4 is 11.1 Å². The fourth-order valence-electron chi connectivity index (χ4n) is 0.661. The van der Waals surface area contributed by atoms with Gasteiger partial charge in [-0.25, -0.2) is 0 Å². The molecule has 0 saturated carbocycles. The predicted molar refractivity (Wildman–Crippen MR) is 50.4 cm³/mol. The van der Waals surface area contributed by atoms with Gasteiger partial charge in [0.05, 0.1) is 0 Å². The van der Waals surface area contributed by atoms with E-state index in [0.29, 0.717) is 6.54 Å². The summed E-state index contributed by atoms with van der Waals surface area (Å²) in [6, 6.07) is 0. The molecule has 4 N–H and O–H groups in total. The van der Waals surface area contributed by atoms with Crippen LogP contribution in [0.15, 0.2) is 5.16 Å². The molecule has 0 aliphatic heterocycles. The van der Waals surface area contributed by atoms with Gasteiger partial charge in [0.15, 0.2) is 0 Å². The van der Waals surface area contributed by atoms with E-state index in [9.17, 15) is 4.79 Å². The van der Waals surface area contributed by atoms with Crippen molar-refractivity contribution in [3.63, 3.8) is 0 Å². The molecule has 0 bridgehead atoms. The zero-order chi connectivity index (χ0) is 10.4. The smallest absolute Gasteiger partial charge is 0.222 e. The molecule has 0 heterocycles. The number of carbonyl (C=O) groups excluding carboxylic acids is 1. The van der Waals surface area contributed by atoms with Crippen LogP contribution in [0.5, 0.6) is 0 Å². The second kappa shape index (κ2) is 5.40. The summed E-state index contributed by atoms with van der Waals surface area (Å²) < 4.78 is 0. The summed E-state index contributed by atoms with van der Waals surface area (Å²) in [5, 5.41) is 13.9. The third kappa shape index (κ3) is 4.35. The van der Waals surface area contributed by atoms with Crippen LogP contribution in [0.4, 0.5) is 0 Å². The van der Waals surface area contributed by atoms with Crippen molar-refractivity contribution in [2.45, 2.75) is 20.8 Å². The molecule has 1 unspecified atom stereocenters. The summed E-state index contributed by atoms with van der Waals surface area (Å²) >= 11 is 0. The molecule has 0 aliphatic rings. The first-order chi connectivity index (χ1) is 5.99. The van der Waals surface area contributed by atoms with E-state index in [1.54, 1.807) is 6.92 Å². The molecule has 0 aromatic rings. The van der Waals surface area contributed by atoms with Crippen molar-refractivity contribution in [1.82, 2.24) is 5.32 Å². The van der Waals surface area contributed by atoms with Gasteiger partial charge in [-0.15, -0.1) is 0 Å². The molecule has 0 aromatic heterocycles. The van der Waals surface area contributed by atoms with E-state index in [-0.39, 0.29) is 23.6 Å². The van der Waals surface area contributed by atoms with Gasteiger partial charge < -0.3 is 16.3 Å². The summed E-state index contributed by atoms with van der Waals surface area (Å²) in [7, 11) is 0. The van der Waals surface area contributed by atoms with Crippen LogP contribution in [0, 0.1) is 11.8 Å². The number of hydrogen-bond donors (Lipinski definition) is 3. The summed E-state index contributed by atoms with van der Waals surface area (Å²) in [4.78, 5) is 11.1. The predicted octanol–water partition coefficient (Wildman–Crippen LogP) is 0.141. The molecule has 1 atom stereocenters. The molecule has 13 heavy (non-hydrogen) atoms. The zero-order valence-electron chi connectivity index (χ0n) is 8.24. The van der Waals surface area contributed by atoms with Crippen LogP contribution in [0.1, 0.15) is 20.8 Å². The van der Waals surface area contributed by atoms with E-state index >= 15 is 0 Å². The number of hydrogen-bond acceptors (Lipinski definition) is 3. The first-order valence-corrected chi connectivity index (χ1v) is 4.24. The molecular weight excluding hydrogens is 170 g/mol. The molecule has 0 radical (unpaired) electrons. The Morgan fingerprint density at radius 1 is 1.54 bits per heavy atom. The molecule has 0 fully saturated rings. The highest BCUT2D eigenvalue weighted by atomic mass is 16.4. The van der Waals surface area contributed by atoms with Crippen molar-refractivity contribution >= 4 is 11.7 Å². The normalized spacial score (nSPS) is 14.3. The number of rotatable bonds is 4. The number of amides is 1. The Balaban J connectivity index is 3.83. The van der Waals surface area contributed by atoms with Gasteiger partial charge in [0.2, 0.25) is 5.91 Å². The zero-order valence-corrected chi connectivity index (χ0v) is 8.24. The van der Waals surface area contributed by atoms with E-state index < -0.39 is 0 Å². The van der Waals surface area contributed by atoms with Gasteiger partial charge in [-0.1, -0.05) is 25.9 Å². The lowest BCUT2D eigenvalue weighted by atomic mass is 10.1. The lowest BCUT2D eigenvalue weighted by molar-refractivity contribution is -0.124. The summed E-state index contributed by atoms with van der Waals surface area (Å²) in [5.74, 6) is -0.0890. The second-order valence-corrected chi connectivity index (χ2v) is 3.33. The van der Waals surface area contributed by atoms with Gasteiger partial charge in [-0.3, -0.25) is 4.79 Å². The van der Waals surface area contributed by atoms with Gasteiger partial charge in [0.1, 0.15) is 5.84 Å². The Morgan fingerprint density at radius 3 is 2.46 bits per heavy atom. The number of nitrogens with one attached hydrogen (secondary N) is 1. The SMILES string of the molecule is CC(C)C(=O)NCC(C)C(N)=NO. The van der Waals surface area contributed by atoms with Crippen molar-refractivity contribution in [2.24, 2.45) is 22.7 Å². The van der Waals surface area contributed by atoms with E-state index in [1.807, 2.05) is 13.8 Å². The number of amidine groups is 1. The van der Waals surface area contributed by atoms with Crippen molar-refractivity contribution in [3.05, 3.63) is 0 Å². The maximum atomic E-state index is 11.1. The minimum atomic E-state index is -0.146. The fourth-order valence-corrected chi connectivity index (χ4v) is 0.661. The van der Waals surface area contributed by atoms with Crippen molar-refractivity contribution in [3.8, 4) is 0 Å². The standard InChI is InChI=1S/C8H17N3O2/c1-5(2)8(12)10-4-6(3)7(9)11-13/h5-6,13H,4H2,1-3H3,(H2,9,11)(H,10,12). The molecule has 0 aromatic carbocycles. The van der Waals surface area contributed by atoms with Crippen LogP contribution in [0.3, 0.4) is 0 Å². The van der Waals surface area contributed by atoms with Crippen LogP contribution in [-0.4, -0.2) is 23.5 Å². The Kier molecular flexibility index (Phi) is 4.87. The first-order valence-electron chi connectivity index (χ1n) is 4.24. The molecular formula is C8H17N3O2. The van der Waals surface area contributed by atoms with Crippen LogP contribution in [0.2, 0.25) is 0 Å². The van der Waals surface area contributed by atoms with Gasteiger partial charge >= 0.3 is 0 Å². The Labute approximate surface area is 78.0 Å². The van der Waals surface area contributed by atoms with Crippen molar-refractivity contribution < 1.29 is 10.0 Å². The van der Waals surface area contributed by atoms with E-state index in [1.165, 1.54) is 0 Å². The number of nitrogens with zero attached hydrogens (tertiary/aromatic N) is 1. The Bertz CT molecular complexity index is 202. The highest BCUT2D eigenvalue weighted by Crippen LogP contribution is 1.95. The Hall–Kier alpha value is -1.26. The highest BCUT2D eigenvalue weighted by Gasteiger charge is 2.11. The average Bonchev–Trinajstić information content (AvgIpc) is 2.11. The number of carbonyl (C=O) groups is 1. The van der Waals surface area contributed by atoms with Gasteiger partial charge in [0.25, 0.3) is 0 Å². The largest absolute Gasteiger partial charge is 0.409 e. The maximum Gasteiger partial charge on any atom is 0.222 e.